The molecule has 86 valence electrons. The van der Waals surface area contributed by atoms with Crippen LogP contribution in [0.5, 0.6) is 0 Å². The van der Waals surface area contributed by atoms with E-state index >= 15 is 0 Å². The van der Waals surface area contributed by atoms with E-state index in [0.717, 1.165) is 28.1 Å². The highest BCUT2D eigenvalue weighted by atomic mass is 35.5. The summed E-state index contributed by atoms with van der Waals surface area (Å²) in [6, 6.07) is 7.69. The third-order valence-electron chi connectivity index (χ3n) is 2.45. The summed E-state index contributed by atoms with van der Waals surface area (Å²) in [5, 5.41) is 5.07. The Morgan fingerprint density at radius 3 is 2.62 bits per heavy atom. The van der Waals surface area contributed by atoms with Crippen LogP contribution in [0.25, 0.3) is 0 Å². The molecular weight excluding hydrogens is 240 g/mol. The molecule has 0 unspecified atom stereocenters. The number of halogens is 1. The molecule has 1 aromatic carbocycles. The van der Waals surface area contributed by atoms with Crippen LogP contribution in [0.15, 0.2) is 29.3 Å². The Hall–Kier alpha value is -0.670. The first-order valence-corrected chi connectivity index (χ1v) is 6.67. The van der Waals surface area contributed by atoms with Gasteiger partial charge in [0.1, 0.15) is 0 Å². The first-order chi connectivity index (χ1) is 7.55. The summed E-state index contributed by atoms with van der Waals surface area (Å²) in [6.07, 6.45) is 1.13. The zero-order valence-electron chi connectivity index (χ0n) is 9.46. The largest absolute Gasteiger partial charge is 0.335 e. The molecule has 0 spiro atoms. The number of hydrogen-bond donors (Lipinski definition) is 1. The molecule has 1 heterocycles. The minimum Gasteiger partial charge on any atom is -0.335 e. The van der Waals surface area contributed by atoms with Crippen LogP contribution < -0.4 is 5.32 Å². The van der Waals surface area contributed by atoms with E-state index in [-0.39, 0.29) is 5.54 Å². The first-order valence-electron chi connectivity index (χ1n) is 5.30. The van der Waals surface area contributed by atoms with E-state index < -0.39 is 0 Å². The van der Waals surface area contributed by atoms with Gasteiger partial charge in [-0.25, -0.2) is 0 Å². The van der Waals surface area contributed by atoms with Crippen molar-refractivity contribution in [2.24, 2.45) is 4.99 Å². The van der Waals surface area contributed by atoms with Crippen LogP contribution >= 0.6 is 23.4 Å². The molecule has 0 saturated heterocycles. The van der Waals surface area contributed by atoms with Gasteiger partial charge in [0, 0.05) is 16.5 Å². The van der Waals surface area contributed by atoms with Crippen molar-refractivity contribution in [1.82, 2.24) is 0 Å². The molecule has 1 aliphatic rings. The summed E-state index contributed by atoms with van der Waals surface area (Å²) in [4.78, 5) is 4.67. The summed E-state index contributed by atoms with van der Waals surface area (Å²) in [5.41, 5.74) is 1.09. The molecule has 0 aromatic heterocycles. The molecule has 0 bridgehead atoms. The molecule has 4 heteroatoms. The predicted octanol–water partition coefficient (Wildman–Crippen LogP) is 4.02. The second kappa shape index (κ2) is 4.68. The van der Waals surface area contributed by atoms with E-state index in [1.807, 2.05) is 24.3 Å². The molecule has 2 rings (SSSR count). The van der Waals surface area contributed by atoms with Gasteiger partial charge in [0.05, 0.1) is 5.54 Å². The van der Waals surface area contributed by atoms with Gasteiger partial charge in [-0.2, -0.15) is 0 Å². The number of nitrogens with zero attached hydrogens (tertiary/aromatic N) is 1. The number of nitrogens with one attached hydrogen (secondary N) is 1. The first kappa shape index (κ1) is 11.8. The average Bonchev–Trinajstić information content (AvgIpc) is 2.20. The molecule has 16 heavy (non-hydrogen) atoms. The molecular formula is C12H15ClN2S. The maximum absolute atomic E-state index is 5.84. The number of rotatable bonds is 1. The SMILES string of the molecule is CC1(C)CCSC(Nc2ccc(Cl)cc2)=N1. The molecule has 1 aliphatic heterocycles. The number of amidine groups is 1. The zero-order chi connectivity index (χ0) is 11.6. The number of thioether (sulfide) groups is 1. The van der Waals surface area contributed by atoms with Crippen molar-refractivity contribution in [2.75, 3.05) is 11.1 Å². The van der Waals surface area contributed by atoms with Gasteiger partial charge in [-0.15, -0.1) is 0 Å². The Morgan fingerprint density at radius 1 is 1.31 bits per heavy atom. The maximum Gasteiger partial charge on any atom is 0.161 e. The topological polar surface area (TPSA) is 24.4 Å². The Labute approximate surface area is 105 Å². The monoisotopic (exact) mass is 254 g/mol. The number of anilines is 1. The lowest BCUT2D eigenvalue weighted by molar-refractivity contribution is 0.507. The van der Waals surface area contributed by atoms with E-state index in [2.05, 4.69) is 24.2 Å². The number of aliphatic imine (C=N–C) groups is 1. The highest BCUT2D eigenvalue weighted by Gasteiger charge is 2.22. The standard InChI is InChI=1S/C12H15ClN2S/c1-12(2)7-8-16-11(15-12)14-10-5-3-9(13)4-6-10/h3-6H,7-8H2,1-2H3,(H,14,15). The van der Waals surface area contributed by atoms with Crippen molar-refractivity contribution in [3.63, 3.8) is 0 Å². The quantitative estimate of drug-likeness (QED) is 0.819. The van der Waals surface area contributed by atoms with Crippen molar-refractivity contribution in [3.8, 4) is 0 Å². The third kappa shape index (κ3) is 3.16. The van der Waals surface area contributed by atoms with Crippen molar-refractivity contribution >= 4 is 34.2 Å². The van der Waals surface area contributed by atoms with Crippen molar-refractivity contribution < 1.29 is 0 Å². The van der Waals surface area contributed by atoms with Gasteiger partial charge >= 0.3 is 0 Å². The number of hydrogen-bond acceptors (Lipinski definition) is 3. The number of benzene rings is 1. The molecule has 0 amide bonds. The van der Waals surface area contributed by atoms with Gasteiger partial charge in [-0.05, 0) is 44.5 Å². The highest BCUT2D eigenvalue weighted by Crippen LogP contribution is 2.27. The zero-order valence-corrected chi connectivity index (χ0v) is 11.0. The second-order valence-corrected chi connectivity index (χ2v) is 5.98. The van der Waals surface area contributed by atoms with Gasteiger partial charge in [0.25, 0.3) is 0 Å². The van der Waals surface area contributed by atoms with E-state index in [4.69, 9.17) is 11.6 Å². The lowest BCUT2D eigenvalue weighted by atomic mass is 10.0. The Balaban J connectivity index is 2.10. The van der Waals surface area contributed by atoms with E-state index in [9.17, 15) is 0 Å². The third-order valence-corrected chi connectivity index (χ3v) is 3.58. The summed E-state index contributed by atoms with van der Waals surface area (Å²) >= 11 is 7.61. The summed E-state index contributed by atoms with van der Waals surface area (Å²) in [7, 11) is 0. The summed E-state index contributed by atoms with van der Waals surface area (Å²) < 4.78 is 0. The van der Waals surface area contributed by atoms with Crippen LogP contribution in [0.1, 0.15) is 20.3 Å². The van der Waals surface area contributed by atoms with E-state index in [1.54, 1.807) is 11.8 Å². The Bertz CT molecular complexity index is 398. The van der Waals surface area contributed by atoms with E-state index in [0.29, 0.717) is 0 Å². The van der Waals surface area contributed by atoms with Crippen LogP contribution in [-0.4, -0.2) is 16.5 Å². The lowest BCUT2D eigenvalue weighted by Gasteiger charge is -2.26. The van der Waals surface area contributed by atoms with Crippen LogP contribution in [0.2, 0.25) is 5.02 Å². The van der Waals surface area contributed by atoms with Gasteiger partial charge in [0.2, 0.25) is 0 Å². The van der Waals surface area contributed by atoms with Crippen LogP contribution in [0.4, 0.5) is 5.69 Å². The van der Waals surface area contributed by atoms with Crippen molar-refractivity contribution in [3.05, 3.63) is 29.3 Å². The fourth-order valence-corrected chi connectivity index (χ4v) is 2.90. The van der Waals surface area contributed by atoms with Crippen LogP contribution in [0.3, 0.4) is 0 Å². The van der Waals surface area contributed by atoms with Gasteiger partial charge in [-0.1, -0.05) is 23.4 Å². The summed E-state index contributed by atoms with van der Waals surface area (Å²) in [5.74, 6) is 1.12. The normalized spacial score (nSPS) is 19.1. The summed E-state index contributed by atoms with van der Waals surface area (Å²) in [6.45, 7) is 4.33. The minimum absolute atomic E-state index is 0.0556. The van der Waals surface area contributed by atoms with Gasteiger partial charge in [0.15, 0.2) is 5.17 Å². The fourth-order valence-electron chi connectivity index (χ4n) is 1.48. The Morgan fingerprint density at radius 2 is 2.00 bits per heavy atom. The lowest BCUT2D eigenvalue weighted by Crippen LogP contribution is -2.27. The fraction of sp³-hybridized carbons (Fsp3) is 0.417. The Kier molecular flexibility index (Phi) is 3.45. The van der Waals surface area contributed by atoms with Crippen molar-refractivity contribution in [2.45, 2.75) is 25.8 Å². The molecule has 0 saturated carbocycles. The molecule has 0 fully saturated rings. The second-order valence-electron chi connectivity index (χ2n) is 4.46. The van der Waals surface area contributed by atoms with Gasteiger partial charge in [-0.3, -0.25) is 4.99 Å². The molecule has 0 atom stereocenters. The van der Waals surface area contributed by atoms with Crippen molar-refractivity contribution in [1.29, 1.82) is 0 Å². The highest BCUT2D eigenvalue weighted by molar-refractivity contribution is 8.14. The molecule has 1 N–H and O–H groups in total. The smallest absolute Gasteiger partial charge is 0.161 e. The maximum atomic E-state index is 5.84. The predicted molar refractivity (Wildman–Crippen MR) is 73.7 cm³/mol. The molecule has 2 nitrogen and oxygen atoms in total. The molecule has 1 aromatic rings. The van der Waals surface area contributed by atoms with Crippen LogP contribution in [-0.2, 0) is 0 Å². The van der Waals surface area contributed by atoms with E-state index in [1.165, 1.54) is 0 Å². The minimum atomic E-state index is 0.0556. The van der Waals surface area contributed by atoms with Crippen LogP contribution in [0, 0.1) is 0 Å². The molecule has 0 aliphatic carbocycles. The average molecular weight is 255 g/mol. The molecule has 0 radical (unpaired) electrons. The van der Waals surface area contributed by atoms with Gasteiger partial charge < -0.3 is 5.32 Å².